The Balaban J connectivity index is 1.08. The molecular formula is C44H28N6. The molecule has 0 N–H and O–H groups in total. The van der Waals surface area contributed by atoms with Crippen molar-refractivity contribution in [3.8, 4) is 67.9 Å². The van der Waals surface area contributed by atoms with E-state index in [0.717, 1.165) is 72.3 Å². The van der Waals surface area contributed by atoms with Crippen LogP contribution in [0, 0.1) is 0 Å². The van der Waals surface area contributed by atoms with Crippen LogP contribution in [0.1, 0.15) is 0 Å². The monoisotopic (exact) mass is 640 g/mol. The lowest BCUT2D eigenvalue weighted by atomic mass is 10.0. The molecule has 0 unspecified atom stereocenters. The van der Waals surface area contributed by atoms with Crippen LogP contribution in [0.25, 0.3) is 89.7 Å². The second kappa shape index (κ2) is 12.6. The van der Waals surface area contributed by atoms with Crippen LogP contribution in [0.3, 0.4) is 0 Å². The van der Waals surface area contributed by atoms with Gasteiger partial charge in [-0.25, -0.2) is 24.9 Å². The molecule has 6 heteroatoms. The molecule has 0 amide bonds. The van der Waals surface area contributed by atoms with Gasteiger partial charge in [0.1, 0.15) is 0 Å². The average molecular weight is 641 g/mol. The van der Waals surface area contributed by atoms with Crippen molar-refractivity contribution in [3.05, 3.63) is 170 Å². The van der Waals surface area contributed by atoms with E-state index in [1.54, 1.807) is 6.20 Å². The summed E-state index contributed by atoms with van der Waals surface area (Å²) in [6, 6.07) is 55.3. The molecule has 4 aromatic heterocycles. The van der Waals surface area contributed by atoms with E-state index in [4.69, 9.17) is 24.9 Å². The molecular weight excluding hydrogens is 613 g/mol. The normalized spacial score (nSPS) is 11.2. The standard InChI is InChI=1S/C44H28N6/c1-3-10-31(11-4-1)42-48-43(32-12-5-2-6-13-32)50-44(49-42)36-15-9-14-33(26-36)34-19-17-29-21-23-37(46-40(29)27-34)35-20-18-30-22-24-39(47-41(30)28-35)38-16-7-8-25-45-38/h1-28H. The summed E-state index contributed by atoms with van der Waals surface area (Å²) in [5.41, 5.74) is 10.3. The number of benzene rings is 5. The first-order chi connectivity index (χ1) is 24.7. The molecule has 0 radical (unpaired) electrons. The van der Waals surface area contributed by atoms with Crippen molar-refractivity contribution >= 4 is 21.8 Å². The maximum atomic E-state index is 5.12. The Bertz CT molecular complexity index is 2580. The molecule has 5 aromatic carbocycles. The first-order valence-corrected chi connectivity index (χ1v) is 16.4. The highest BCUT2D eigenvalue weighted by Crippen LogP contribution is 2.31. The molecule has 9 rings (SSSR count). The van der Waals surface area contributed by atoms with Gasteiger partial charge in [0.25, 0.3) is 0 Å². The van der Waals surface area contributed by atoms with Crippen molar-refractivity contribution in [2.45, 2.75) is 0 Å². The summed E-state index contributed by atoms with van der Waals surface area (Å²) in [4.78, 5) is 29.2. The number of hydrogen-bond donors (Lipinski definition) is 0. The van der Waals surface area contributed by atoms with Gasteiger partial charge in [0.15, 0.2) is 17.5 Å². The van der Waals surface area contributed by atoms with E-state index in [2.05, 4.69) is 71.7 Å². The van der Waals surface area contributed by atoms with E-state index < -0.39 is 0 Å². The number of hydrogen-bond acceptors (Lipinski definition) is 6. The third-order valence-corrected chi connectivity index (χ3v) is 8.76. The van der Waals surface area contributed by atoms with Gasteiger partial charge in [-0.15, -0.1) is 0 Å². The molecule has 4 heterocycles. The lowest BCUT2D eigenvalue weighted by Gasteiger charge is -2.10. The van der Waals surface area contributed by atoms with Gasteiger partial charge in [-0.3, -0.25) is 4.98 Å². The summed E-state index contributed by atoms with van der Waals surface area (Å²) in [6.45, 7) is 0. The van der Waals surface area contributed by atoms with E-state index in [0.29, 0.717) is 17.5 Å². The van der Waals surface area contributed by atoms with E-state index in [1.165, 1.54) is 0 Å². The molecule has 9 aromatic rings. The van der Waals surface area contributed by atoms with Crippen LogP contribution >= 0.6 is 0 Å². The summed E-state index contributed by atoms with van der Waals surface area (Å²) in [5, 5.41) is 2.14. The predicted octanol–water partition coefficient (Wildman–Crippen LogP) is 10.4. The van der Waals surface area contributed by atoms with E-state index in [-0.39, 0.29) is 0 Å². The second-order valence-corrected chi connectivity index (χ2v) is 12.0. The molecule has 0 aliphatic rings. The minimum Gasteiger partial charge on any atom is -0.255 e. The van der Waals surface area contributed by atoms with Crippen molar-refractivity contribution < 1.29 is 0 Å². The SMILES string of the molecule is c1ccc(-c2nc(-c3ccccc3)nc(-c3cccc(-c4ccc5ccc(-c6ccc7ccc(-c8ccccn8)nc7c6)nc5c4)c3)n2)cc1. The summed E-state index contributed by atoms with van der Waals surface area (Å²) < 4.78 is 0. The van der Waals surface area contributed by atoms with Crippen LogP contribution in [-0.4, -0.2) is 29.9 Å². The van der Waals surface area contributed by atoms with Gasteiger partial charge >= 0.3 is 0 Å². The smallest absolute Gasteiger partial charge is 0.164 e. The Labute approximate surface area is 288 Å². The summed E-state index contributed by atoms with van der Waals surface area (Å²) >= 11 is 0. The van der Waals surface area contributed by atoms with Crippen molar-refractivity contribution in [2.75, 3.05) is 0 Å². The fourth-order valence-corrected chi connectivity index (χ4v) is 6.17. The lowest BCUT2D eigenvalue weighted by Crippen LogP contribution is -2.00. The average Bonchev–Trinajstić information content (AvgIpc) is 3.21. The minimum atomic E-state index is 0.622. The first kappa shape index (κ1) is 29.2. The quantitative estimate of drug-likeness (QED) is 0.180. The Kier molecular flexibility index (Phi) is 7.37. The maximum Gasteiger partial charge on any atom is 0.164 e. The summed E-state index contributed by atoms with van der Waals surface area (Å²) in [7, 11) is 0. The zero-order valence-electron chi connectivity index (χ0n) is 26.8. The van der Waals surface area contributed by atoms with Crippen molar-refractivity contribution in [1.29, 1.82) is 0 Å². The summed E-state index contributed by atoms with van der Waals surface area (Å²) in [6.07, 6.45) is 1.79. The Morgan fingerprint density at radius 3 is 1.44 bits per heavy atom. The number of rotatable bonds is 6. The lowest BCUT2D eigenvalue weighted by molar-refractivity contribution is 1.07. The fraction of sp³-hybridized carbons (Fsp3) is 0. The third-order valence-electron chi connectivity index (χ3n) is 8.76. The highest BCUT2D eigenvalue weighted by atomic mass is 15.0. The Morgan fingerprint density at radius 1 is 0.280 bits per heavy atom. The van der Waals surface area contributed by atoms with Crippen molar-refractivity contribution in [3.63, 3.8) is 0 Å². The molecule has 0 saturated heterocycles. The van der Waals surface area contributed by atoms with Crippen LogP contribution in [0.4, 0.5) is 0 Å². The van der Waals surface area contributed by atoms with Crippen LogP contribution in [0.2, 0.25) is 0 Å². The van der Waals surface area contributed by atoms with Gasteiger partial charge in [0.05, 0.1) is 28.1 Å². The number of pyridine rings is 3. The van der Waals surface area contributed by atoms with E-state index >= 15 is 0 Å². The van der Waals surface area contributed by atoms with Gasteiger partial charge in [-0.2, -0.15) is 0 Å². The molecule has 0 aliphatic carbocycles. The topological polar surface area (TPSA) is 77.3 Å². The van der Waals surface area contributed by atoms with Crippen molar-refractivity contribution in [1.82, 2.24) is 29.9 Å². The van der Waals surface area contributed by atoms with Gasteiger partial charge in [-0.05, 0) is 53.6 Å². The zero-order valence-corrected chi connectivity index (χ0v) is 26.8. The van der Waals surface area contributed by atoms with Crippen LogP contribution in [-0.2, 0) is 0 Å². The minimum absolute atomic E-state index is 0.622. The van der Waals surface area contributed by atoms with E-state index in [1.807, 2.05) is 97.1 Å². The highest BCUT2D eigenvalue weighted by molar-refractivity contribution is 5.89. The van der Waals surface area contributed by atoms with Gasteiger partial charge in [0, 0.05) is 39.2 Å². The number of aromatic nitrogens is 6. The Morgan fingerprint density at radius 2 is 0.780 bits per heavy atom. The first-order valence-electron chi connectivity index (χ1n) is 16.4. The second-order valence-electron chi connectivity index (χ2n) is 12.0. The molecule has 234 valence electrons. The molecule has 50 heavy (non-hydrogen) atoms. The maximum absolute atomic E-state index is 5.12. The number of fused-ring (bicyclic) bond motifs is 2. The van der Waals surface area contributed by atoms with Crippen molar-refractivity contribution in [2.24, 2.45) is 0 Å². The van der Waals surface area contributed by atoms with Gasteiger partial charge < -0.3 is 0 Å². The molecule has 0 saturated carbocycles. The number of nitrogens with zero attached hydrogens (tertiary/aromatic N) is 6. The molecule has 0 bridgehead atoms. The van der Waals surface area contributed by atoms with Crippen LogP contribution < -0.4 is 0 Å². The zero-order chi connectivity index (χ0) is 33.3. The van der Waals surface area contributed by atoms with E-state index in [9.17, 15) is 0 Å². The molecule has 0 aliphatic heterocycles. The van der Waals surface area contributed by atoms with Crippen LogP contribution in [0.15, 0.2) is 170 Å². The molecule has 0 fully saturated rings. The third kappa shape index (κ3) is 5.76. The predicted molar refractivity (Wildman–Crippen MR) is 201 cm³/mol. The highest BCUT2D eigenvalue weighted by Gasteiger charge is 2.13. The molecule has 0 spiro atoms. The van der Waals surface area contributed by atoms with Crippen LogP contribution in [0.5, 0.6) is 0 Å². The van der Waals surface area contributed by atoms with Gasteiger partial charge in [-0.1, -0.05) is 121 Å². The van der Waals surface area contributed by atoms with Gasteiger partial charge in [0.2, 0.25) is 0 Å². The molecule has 6 nitrogen and oxygen atoms in total. The fourth-order valence-electron chi connectivity index (χ4n) is 6.17. The summed E-state index contributed by atoms with van der Waals surface area (Å²) in [5.74, 6) is 1.90. The molecule has 0 atom stereocenters. The Hall–Kier alpha value is -6.92. The largest absolute Gasteiger partial charge is 0.255 e.